The molecule has 2 heterocycles. The van der Waals surface area contributed by atoms with Gasteiger partial charge in [0.15, 0.2) is 6.20 Å². The van der Waals surface area contributed by atoms with Gasteiger partial charge in [0.05, 0.1) is 11.7 Å². The molecule has 0 spiro atoms. The molecule has 1 aliphatic heterocycles. The molecule has 1 fully saturated rings. The van der Waals surface area contributed by atoms with Gasteiger partial charge in [-0.1, -0.05) is 0 Å². The van der Waals surface area contributed by atoms with Crippen molar-refractivity contribution in [2.75, 3.05) is 24.5 Å². The molecule has 0 bridgehead atoms. The zero-order valence-electron chi connectivity index (χ0n) is 9.07. The molecular weight excluding hydrogens is 224 g/mol. The summed E-state index contributed by atoms with van der Waals surface area (Å²) in [4.78, 5) is 26.3. The van der Waals surface area contributed by atoms with E-state index in [2.05, 4.69) is 10.3 Å². The molecule has 1 atom stereocenters. The predicted octanol–water partition coefficient (Wildman–Crippen LogP) is -0.0331. The van der Waals surface area contributed by atoms with Crippen LogP contribution in [0.15, 0.2) is 18.3 Å². The van der Waals surface area contributed by atoms with Crippen molar-refractivity contribution < 1.29 is 9.72 Å². The van der Waals surface area contributed by atoms with E-state index in [1.807, 2.05) is 4.90 Å². The van der Waals surface area contributed by atoms with Gasteiger partial charge < -0.3 is 25.1 Å². The van der Waals surface area contributed by atoms with Crippen molar-refractivity contribution >= 4 is 17.8 Å². The van der Waals surface area contributed by atoms with E-state index in [1.165, 1.54) is 12.3 Å². The molecule has 7 nitrogen and oxygen atoms in total. The first-order chi connectivity index (χ1) is 8.20. The molecule has 1 aromatic heterocycles. The molecule has 1 unspecified atom stereocenters. The van der Waals surface area contributed by atoms with Gasteiger partial charge in [-0.25, -0.2) is 0 Å². The van der Waals surface area contributed by atoms with E-state index < -0.39 is 4.92 Å². The summed E-state index contributed by atoms with van der Waals surface area (Å²) in [5.74, 6) is -0.171. The van der Waals surface area contributed by atoms with Gasteiger partial charge in [-0.15, -0.1) is 0 Å². The molecule has 1 aromatic rings. The Balaban J connectivity index is 2.11. The highest BCUT2D eigenvalue weighted by Gasteiger charge is 2.20. The lowest BCUT2D eigenvalue weighted by Crippen LogP contribution is -2.51. The molecule has 0 aliphatic carbocycles. The number of piperazine rings is 1. The van der Waals surface area contributed by atoms with Crippen molar-refractivity contribution in [1.29, 1.82) is 0 Å². The second-order valence-electron chi connectivity index (χ2n) is 3.77. The summed E-state index contributed by atoms with van der Waals surface area (Å²) in [7, 11) is 0. The van der Waals surface area contributed by atoms with E-state index in [1.54, 1.807) is 6.07 Å². The van der Waals surface area contributed by atoms with Crippen molar-refractivity contribution in [3.05, 3.63) is 28.4 Å². The van der Waals surface area contributed by atoms with Gasteiger partial charge >= 0.3 is 5.82 Å². The molecule has 7 heteroatoms. The van der Waals surface area contributed by atoms with Crippen molar-refractivity contribution in [3.8, 4) is 0 Å². The first-order valence-electron chi connectivity index (χ1n) is 5.25. The summed E-state index contributed by atoms with van der Waals surface area (Å²) in [6.07, 6.45) is 2.33. The number of anilines is 1. The summed E-state index contributed by atoms with van der Waals surface area (Å²) in [5.41, 5.74) is 0.795. The van der Waals surface area contributed by atoms with E-state index in [-0.39, 0.29) is 11.9 Å². The summed E-state index contributed by atoms with van der Waals surface area (Å²) >= 11 is 0. The SMILES string of the molecule is O=CC1CN(c2ccc([N+](=O)[O-])nc2)CCN1. The lowest BCUT2D eigenvalue weighted by molar-refractivity contribution is -0.389. The molecule has 0 amide bonds. The third-order valence-corrected chi connectivity index (χ3v) is 2.65. The number of nitrogens with one attached hydrogen (secondary N) is 1. The van der Waals surface area contributed by atoms with Gasteiger partial charge in [-0.2, -0.15) is 0 Å². The van der Waals surface area contributed by atoms with Crippen LogP contribution in [-0.2, 0) is 4.79 Å². The van der Waals surface area contributed by atoms with Gasteiger partial charge in [0.2, 0.25) is 0 Å². The topological polar surface area (TPSA) is 88.4 Å². The highest BCUT2D eigenvalue weighted by atomic mass is 16.6. The fourth-order valence-electron chi connectivity index (χ4n) is 1.78. The highest BCUT2D eigenvalue weighted by molar-refractivity contribution is 5.60. The predicted molar refractivity (Wildman–Crippen MR) is 61.0 cm³/mol. The Hall–Kier alpha value is -2.02. The van der Waals surface area contributed by atoms with Crippen LogP contribution in [-0.4, -0.2) is 41.9 Å². The standard InChI is InChI=1S/C10H12N4O3/c15-7-8-6-13(4-3-11-8)9-1-2-10(12-5-9)14(16)17/h1-2,5,7-8,11H,3-4,6H2. The Labute approximate surface area is 97.6 Å². The molecule has 90 valence electrons. The molecule has 1 aliphatic rings. The molecule has 0 aromatic carbocycles. The Morgan fingerprint density at radius 1 is 1.59 bits per heavy atom. The van der Waals surface area contributed by atoms with Crippen LogP contribution in [0, 0.1) is 10.1 Å². The maximum absolute atomic E-state index is 10.7. The van der Waals surface area contributed by atoms with Crippen LogP contribution in [0.1, 0.15) is 0 Å². The smallest absolute Gasteiger partial charge is 0.363 e. The van der Waals surface area contributed by atoms with Crippen LogP contribution in [0.2, 0.25) is 0 Å². The van der Waals surface area contributed by atoms with Gasteiger partial charge in [-0.3, -0.25) is 0 Å². The van der Waals surface area contributed by atoms with Crippen LogP contribution >= 0.6 is 0 Å². The highest BCUT2D eigenvalue weighted by Crippen LogP contribution is 2.17. The number of hydrogen-bond donors (Lipinski definition) is 1. The largest absolute Gasteiger partial charge is 0.365 e. The molecule has 1 saturated heterocycles. The number of rotatable bonds is 3. The average Bonchev–Trinajstić information content (AvgIpc) is 2.39. The zero-order chi connectivity index (χ0) is 12.3. The summed E-state index contributed by atoms with van der Waals surface area (Å²) in [6.45, 7) is 2.02. The van der Waals surface area contributed by atoms with Crippen LogP contribution in [0.4, 0.5) is 11.5 Å². The number of carbonyl (C=O) groups is 1. The number of hydrogen-bond acceptors (Lipinski definition) is 6. The van der Waals surface area contributed by atoms with Crippen LogP contribution in [0.25, 0.3) is 0 Å². The third-order valence-electron chi connectivity index (χ3n) is 2.65. The van der Waals surface area contributed by atoms with Crippen LogP contribution in [0.5, 0.6) is 0 Å². The minimum atomic E-state index is -0.532. The fraction of sp³-hybridized carbons (Fsp3) is 0.400. The lowest BCUT2D eigenvalue weighted by Gasteiger charge is -2.31. The van der Waals surface area contributed by atoms with Crippen LogP contribution < -0.4 is 10.2 Å². The Morgan fingerprint density at radius 2 is 2.41 bits per heavy atom. The summed E-state index contributed by atoms with van der Waals surface area (Å²) in [5, 5.41) is 13.5. The number of carbonyl (C=O) groups excluding carboxylic acids is 1. The molecule has 1 N–H and O–H groups in total. The van der Waals surface area contributed by atoms with Crippen LogP contribution in [0.3, 0.4) is 0 Å². The van der Waals surface area contributed by atoms with Gasteiger partial charge in [0.25, 0.3) is 0 Å². The van der Waals surface area contributed by atoms with Gasteiger partial charge in [-0.05, 0) is 16.0 Å². The number of nitro groups is 1. The molecule has 0 radical (unpaired) electrons. The molecular formula is C10H12N4O3. The van der Waals surface area contributed by atoms with E-state index in [9.17, 15) is 14.9 Å². The number of pyridine rings is 1. The monoisotopic (exact) mass is 236 g/mol. The van der Waals surface area contributed by atoms with Crippen molar-refractivity contribution in [1.82, 2.24) is 10.3 Å². The van der Waals surface area contributed by atoms with Crippen molar-refractivity contribution in [3.63, 3.8) is 0 Å². The van der Waals surface area contributed by atoms with Gasteiger partial charge in [0.1, 0.15) is 6.29 Å². The first kappa shape index (κ1) is 11.5. The minimum Gasteiger partial charge on any atom is -0.365 e. The normalized spacial score (nSPS) is 20.0. The molecule has 17 heavy (non-hydrogen) atoms. The second kappa shape index (κ2) is 4.88. The zero-order valence-corrected chi connectivity index (χ0v) is 9.07. The third kappa shape index (κ3) is 2.56. The Morgan fingerprint density at radius 3 is 3.00 bits per heavy atom. The first-order valence-corrected chi connectivity index (χ1v) is 5.25. The quantitative estimate of drug-likeness (QED) is 0.450. The van der Waals surface area contributed by atoms with E-state index in [0.29, 0.717) is 13.1 Å². The fourth-order valence-corrected chi connectivity index (χ4v) is 1.78. The molecule has 0 saturated carbocycles. The van der Waals surface area contributed by atoms with Crippen molar-refractivity contribution in [2.24, 2.45) is 0 Å². The number of nitrogens with zero attached hydrogens (tertiary/aromatic N) is 3. The summed E-state index contributed by atoms with van der Waals surface area (Å²) in [6, 6.07) is 2.82. The van der Waals surface area contributed by atoms with E-state index in [4.69, 9.17) is 0 Å². The summed E-state index contributed by atoms with van der Waals surface area (Å²) < 4.78 is 0. The molecule has 2 rings (SSSR count). The number of aromatic nitrogens is 1. The average molecular weight is 236 g/mol. The maximum Gasteiger partial charge on any atom is 0.363 e. The van der Waals surface area contributed by atoms with Crippen molar-refractivity contribution in [2.45, 2.75) is 6.04 Å². The lowest BCUT2D eigenvalue weighted by atomic mass is 10.2. The number of aldehydes is 1. The minimum absolute atomic E-state index is 0.171. The van der Waals surface area contributed by atoms with E-state index >= 15 is 0 Å². The Bertz CT molecular complexity index is 420. The second-order valence-corrected chi connectivity index (χ2v) is 3.77. The Kier molecular flexibility index (Phi) is 3.29. The van der Waals surface area contributed by atoms with Gasteiger partial charge in [0, 0.05) is 25.7 Å². The van der Waals surface area contributed by atoms with E-state index in [0.717, 1.165) is 18.5 Å². The maximum atomic E-state index is 10.7.